The molecule has 198 valence electrons. The minimum atomic E-state index is -3.77. The van der Waals surface area contributed by atoms with E-state index in [1.807, 2.05) is 26.0 Å². The number of carbonyl (C=O) groups is 2. The average Bonchev–Trinajstić information content (AvgIpc) is 2.80. The first-order valence-corrected chi connectivity index (χ1v) is 14.3. The highest BCUT2D eigenvalue weighted by Crippen LogP contribution is 2.26. The van der Waals surface area contributed by atoms with Gasteiger partial charge in [-0.25, -0.2) is 8.42 Å². The van der Waals surface area contributed by atoms with Crippen LogP contribution in [0.5, 0.6) is 0 Å². The molecular formula is C27H38ClN3O4S. The Balaban J connectivity index is 2.39. The Morgan fingerprint density at radius 2 is 1.56 bits per heavy atom. The summed E-state index contributed by atoms with van der Waals surface area (Å²) >= 11 is 6.00. The fourth-order valence-electron chi connectivity index (χ4n) is 3.58. The van der Waals surface area contributed by atoms with Gasteiger partial charge in [0.15, 0.2) is 0 Å². The lowest BCUT2D eigenvalue weighted by atomic mass is 9.87. The summed E-state index contributed by atoms with van der Waals surface area (Å²) < 4.78 is 26.5. The van der Waals surface area contributed by atoms with Crippen LogP contribution in [0.1, 0.15) is 59.1 Å². The molecule has 0 aliphatic rings. The van der Waals surface area contributed by atoms with Gasteiger partial charge in [0.25, 0.3) is 0 Å². The fraction of sp³-hybridized carbons (Fsp3) is 0.481. The number of nitrogens with one attached hydrogen (secondary N) is 1. The lowest BCUT2D eigenvalue weighted by Crippen LogP contribution is -2.52. The fourth-order valence-corrected chi connectivity index (χ4v) is 4.55. The molecule has 2 rings (SSSR count). The predicted molar refractivity (Wildman–Crippen MR) is 147 cm³/mol. The molecule has 7 nitrogen and oxygen atoms in total. The van der Waals surface area contributed by atoms with Crippen LogP contribution >= 0.6 is 11.6 Å². The molecule has 0 saturated heterocycles. The Kier molecular flexibility index (Phi) is 9.97. The van der Waals surface area contributed by atoms with E-state index in [4.69, 9.17) is 11.6 Å². The van der Waals surface area contributed by atoms with Gasteiger partial charge in [0.1, 0.15) is 12.6 Å². The predicted octanol–water partition coefficient (Wildman–Crippen LogP) is 4.74. The highest BCUT2D eigenvalue weighted by atomic mass is 35.5. The van der Waals surface area contributed by atoms with Gasteiger partial charge in [-0.3, -0.25) is 13.9 Å². The van der Waals surface area contributed by atoms with Crippen LogP contribution in [0.3, 0.4) is 0 Å². The Morgan fingerprint density at radius 1 is 1.00 bits per heavy atom. The van der Waals surface area contributed by atoms with Crippen molar-refractivity contribution in [3.8, 4) is 0 Å². The summed E-state index contributed by atoms with van der Waals surface area (Å²) in [5.41, 5.74) is 2.11. The van der Waals surface area contributed by atoms with Crippen LogP contribution in [0.2, 0.25) is 5.02 Å². The molecule has 0 bridgehead atoms. The van der Waals surface area contributed by atoms with E-state index in [2.05, 4.69) is 26.1 Å². The van der Waals surface area contributed by atoms with E-state index < -0.39 is 28.5 Å². The molecule has 0 aromatic heterocycles. The first-order valence-electron chi connectivity index (χ1n) is 12.1. The number of halogens is 1. The number of sulfonamides is 1. The first-order chi connectivity index (χ1) is 16.6. The monoisotopic (exact) mass is 535 g/mol. The summed E-state index contributed by atoms with van der Waals surface area (Å²) in [6.07, 6.45) is 1.82. The maximum absolute atomic E-state index is 13.6. The summed E-state index contributed by atoms with van der Waals surface area (Å²) in [5.74, 6) is -0.783. The molecule has 36 heavy (non-hydrogen) atoms. The third-order valence-corrected chi connectivity index (χ3v) is 7.53. The number of hydrogen-bond donors (Lipinski definition) is 1. The van der Waals surface area contributed by atoms with Crippen LogP contribution in [0.25, 0.3) is 0 Å². The van der Waals surface area contributed by atoms with E-state index in [1.165, 1.54) is 4.90 Å². The SMILES string of the molecule is CC[C@@H](C)NC(=O)[C@H](C)N(Cc1ccc(Cl)cc1)C(=O)CN(c1ccc(C(C)(C)C)cc1)S(C)(=O)=O. The number of rotatable bonds is 10. The normalized spacial score (nSPS) is 13.6. The summed E-state index contributed by atoms with van der Waals surface area (Å²) in [6, 6.07) is 13.3. The molecule has 9 heteroatoms. The summed E-state index contributed by atoms with van der Waals surface area (Å²) in [5, 5.41) is 3.47. The molecule has 0 radical (unpaired) electrons. The van der Waals surface area contributed by atoms with Crippen molar-refractivity contribution in [2.75, 3.05) is 17.1 Å². The van der Waals surface area contributed by atoms with E-state index in [9.17, 15) is 18.0 Å². The molecule has 0 unspecified atom stereocenters. The van der Waals surface area contributed by atoms with Crippen LogP contribution in [0.4, 0.5) is 5.69 Å². The van der Waals surface area contributed by atoms with Gasteiger partial charge in [-0.2, -0.15) is 0 Å². The molecule has 2 aromatic carbocycles. The van der Waals surface area contributed by atoms with Gasteiger partial charge < -0.3 is 10.2 Å². The van der Waals surface area contributed by atoms with Gasteiger partial charge in [-0.1, -0.05) is 63.6 Å². The molecule has 0 aliphatic heterocycles. The van der Waals surface area contributed by atoms with Crippen molar-refractivity contribution in [3.63, 3.8) is 0 Å². The number of anilines is 1. The molecule has 0 fully saturated rings. The lowest BCUT2D eigenvalue weighted by molar-refractivity contribution is -0.139. The van der Waals surface area contributed by atoms with Gasteiger partial charge in [-0.05, 0) is 61.1 Å². The van der Waals surface area contributed by atoms with Crippen molar-refractivity contribution >= 4 is 39.1 Å². The second-order valence-corrected chi connectivity index (χ2v) is 12.6. The van der Waals surface area contributed by atoms with E-state index in [-0.39, 0.29) is 23.9 Å². The first kappa shape index (κ1) is 29.6. The quantitative estimate of drug-likeness (QED) is 0.476. The van der Waals surface area contributed by atoms with Crippen molar-refractivity contribution in [2.24, 2.45) is 0 Å². The zero-order chi connectivity index (χ0) is 27.3. The summed E-state index contributed by atoms with van der Waals surface area (Å²) in [7, 11) is -3.77. The van der Waals surface area contributed by atoms with E-state index in [0.717, 1.165) is 28.1 Å². The van der Waals surface area contributed by atoms with Crippen molar-refractivity contribution in [2.45, 2.75) is 72.0 Å². The maximum Gasteiger partial charge on any atom is 0.244 e. The van der Waals surface area contributed by atoms with Crippen molar-refractivity contribution in [1.82, 2.24) is 10.2 Å². The van der Waals surface area contributed by atoms with Crippen LogP contribution in [-0.2, 0) is 31.6 Å². The Labute approximate surface area is 220 Å². The van der Waals surface area contributed by atoms with Crippen molar-refractivity contribution < 1.29 is 18.0 Å². The van der Waals surface area contributed by atoms with Gasteiger partial charge in [-0.15, -0.1) is 0 Å². The Morgan fingerprint density at radius 3 is 2.03 bits per heavy atom. The molecule has 2 atom stereocenters. The molecule has 2 aromatic rings. The largest absolute Gasteiger partial charge is 0.352 e. The van der Waals surface area contributed by atoms with Crippen molar-refractivity contribution in [1.29, 1.82) is 0 Å². The molecule has 1 N–H and O–H groups in total. The van der Waals surface area contributed by atoms with Crippen LogP contribution in [0, 0.1) is 0 Å². The van der Waals surface area contributed by atoms with Gasteiger partial charge in [0, 0.05) is 17.6 Å². The molecule has 2 amide bonds. The van der Waals surface area contributed by atoms with E-state index in [1.54, 1.807) is 43.3 Å². The topological polar surface area (TPSA) is 86.8 Å². The maximum atomic E-state index is 13.6. The van der Waals surface area contributed by atoms with Crippen molar-refractivity contribution in [3.05, 3.63) is 64.7 Å². The molecule has 0 saturated carbocycles. The van der Waals surface area contributed by atoms with E-state index in [0.29, 0.717) is 10.7 Å². The second kappa shape index (κ2) is 12.1. The summed E-state index contributed by atoms with van der Waals surface area (Å²) in [4.78, 5) is 27.9. The van der Waals surface area contributed by atoms with E-state index >= 15 is 0 Å². The number of amides is 2. The zero-order valence-corrected chi connectivity index (χ0v) is 23.8. The zero-order valence-electron chi connectivity index (χ0n) is 22.2. The van der Waals surface area contributed by atoms with Gasteiger partial charge in [0.2, 0.25) is 21.8 Å². The second-order valence-electron chi connectivity index (χ2n) is 10.2. The minimum Gasteiger partial charge on any atom is -0.352 e. The summed E-state index contributed by atoms with van der Waals surface area (Å²) in [6.45, 7) is 11.4. The highest BCUT2D eigenvalue weighted by molar-refractivity contribution is 7.92. The van der Waals surface area contributed by atoms with Crippen LogP contribution in [-0.4, -0.2) is 50.0 Å². The number of hydrogen-bond acceptors (Lipinski definition) is 4. The molecular weight excluding hydrogens is 498 g/mol. The molecule has 0 aliphatic carbocycles. The smallest absolute Gasteiger partial charge is 0.244 e. The highest BCUT2D eigenvalue weighted by Gasteiger charge is 2.30. The van der Waals surface area contributed by atoms with Gasteiger partial charge >= 0.3 is 0 Å². The average molecular weight is 536 g/mol. The lowest BCUT2D eigenvalue weighted by Gasteiger charge is -2.32. The number of benzene rings is 2. The molecule has 0 heterocycles. The van der Waals surface area contributed by atoms with Crippen LogP contribution in [0.15, 0.2) is 48.5 Å². The Hall–Kier alpha value is -2.58. The number of nitrogens with zero attached hydrogens (tertiary/aromatic N) is 2. The van der Waals surface area contributed by atoms with Crippen LogP contribution < -0.4 is 9.62 Å². The number of carbonyl (C=O) groups excluding carboxylic acids is 2. The third kappa shape index (κ3) is 8.23. The molecule has 0 spiro atoms. The standard InChI is InChI=1S/C27H38ClN3O4S/c1-8-19(2)29-26(33)20(3)30(17-21-9-13-23(28)14-10-21)25(32)18-31(36(7,34)35)24-15-11-22(12-16-24)27(4,5)6/h9-16,19-20H,8,17-18H2,1-7H3,(H,29,33)/t19-,20+/m1/s1. The third-order valence-electron chi connectivity index (χ3n) is 6.14. The Bertz CT molecular complexity index is 1140. The minimum absolute atomic E-state index is 0.0544. The van der Waals surface area contributed by atoms with Gasteiger partial charge in [0.05, 0.1) is 11.9 Å².